The molecule has 0 aromatic heterocycles. The van der Waals surface area contributed by atoms with Crippen LogP contribution in [0.2, 0.25) is 0 Å². The van der Waals surface area contributed by atoms with Gasteiger partial charge in [-0.2, -0.15) is 0 Å². The first kappa shape index (κ1) is 13.0. The van der Waals surface area contributed by atoms with E-state index in [0.29, 0.717) is 19.4 Å². The molecule has 1 fully saturated rings. The fourth-order valence-electron chi connectivity index (χ4n) is 1.97. The van der Waals surface area contributed by atoms with Crippen LogP contribution in [0.4, 0.5) is 0 Å². The Morgan fingerprint density at radius 3 is 2.75 bits per heavy atom. The first-order chi connectivity index (χ1) is 7.70. The molecule has 5 nitrogen and oxygen atoms in total. The summed E-state index contributed by atoms with van der Waals surface area (Å²) in [4.78, 5) is 25.1. The molecule has 1 rings (SSSR count). The zero-order chi connectivity index (χ0) is 12.0. The van der Waals surface area contributed by atoms with Gasteiger partial charge in [0.25, 0.3) is 0 Å². The predicted octanol–water partition coefficient (Wildman–Crippen LogP) is -0.277. The molecule has 0 aromatic carbocycles. The maximum Gasteiger partial charge on any atom is 0.242 e. The van der Waals surface area contributed by atoms with E-state index < -0.39 is 0 Å². The molecule has 5 heteroatoms. The lowest BCUT2D eigenvalue weighted by molar-refractivity contribution is -0.137. The van der Waals surface area contributed by atoms with Crippen molar-refractivity contribution in [1.29, 1.82) is 0 Å². The summed E-state index contributed by atoms with van der Waals surface area (Å²) in [5, 5.41) is 5.80. The standard InChI is InChI=1S/C11H21N3O2/c1-3-9(11(16)13-7-6-12-2)14-8-4-5-10(14)15/h9,12H,3-8H2,1-2H3,(H,13,16). The molecule has 1 heterocycles. The lowest BCUT2D eigenvalue weighted by Crippen LogP contribution is -2.48. The zero-order valence-electron chi connectivity index (χ0n) is 10.1. The number of nitrogens with zero attached hydrogens (tertiary/aromatic N) is 1. The summed E-state index contributed by atoms with van der Waals surface area (Å²) in [7, 11) is 1.84. The van der Waals surface area contributed by atoms with E-state index in [9.17, 15) is 9.59 Å². The van der Waals surface area contributed by atoms with E-state index in [1.807, 2.05) is 14.0 Å². The Morgan fingerprint density at radius 2 is 2.25 bits per heavy atom. The maximum atomic E-state index is 11.8. The van der Waals surface area contributed by atoms with Crippen molar-refractivity contribution in [2.45, 2.75) is 32.2 Å². The van der Waals surface area contributed by atoms with Crippen LogP contribution in [0.1, 0.15) is 26.2 Å². The first-order valence-corrected chi connectivity index (χ1v) is 5.92. The minimum atomic E-state index is -0.285. The number of nitrogens with one attached hydrogen (secondary N) is 2. The SMILES string of the molecule is CCC(C(=O)NCCNC)N1CCCC1=O. The molecule has 2 amide bonds. The van der Waals surface area contributed by atoms with Crippen LogP contribution in [0, 0.1) is 0 Å². The maximum absolute atomic E-state index is 11.8. The number of likely N-dealkylation sites (tertiary alicyclic amines) is 1. The van der Waals surface area contributed by atoms with Gasteiger partial charge < -0.3 is 15.5 Å². The number of carbonyl (C=O) groups is 2. The van der Waals surface area contributed by atoms with E-state index in [4.69, 9.17) is 0 Å². The second-order valence-corrected chi connectivity index (χ2v) is 4.01. The van der Waals surface area contributed by atoms with Crippen LogP contribution in [0.5, 0.6) is 0 Å². The van der Waals surface area contributed by atoms with Gasteiger partial charge in [0.05, 0.1) is 0 Å². The summed E-state index contributed by atoms with van der Waals surface area (Å²) in [6.45, 7) is 4.01. The van der Waals surface area contributed by atoms with Gasteiger partial charge >= 0.3 is 0 Å². The van der Waals surface area contributed by atoms with E-state index in [1.54, 1.807) is 4.90 Å². The molecule has 0 aromatic rings. The predicted molar refractivity (Wildman–Crippen MR) is 62.0 cm³/mol. The van der Waals surface area contributed by atoms with Crippen molar-refractivity contribution < 1.29 is 9.59 Å². The lowest BCUT2D eigenvalue weighted by Gasteiger charge is -2.25. The molecule has 2 N–H and O–H groups in total. The molecule has 1 unspecified atom stereocenters. The Balaban J connectivity index is 2.46. The lowest BCUT2D eigenvalue weighted by atomic mass is 10.2. The average molecular weight is 227 g/mol. The number of hydrogen-bond acceptors (Lipinski definition) is 3. The number of hydrogen-bond donors (Lipinski definition) is 2. The molecule has 0 saturated carbocycles. The average Bonchev–Trinajstić information content (AvgIpc) is 2.67. The molecule has 92 valence electrons. The van der Waals surface area contributed by atoms with Crippen LogP contribution in [-0.4, -0.2) is 49.4 Å². The Morgan fingerprint density at radius 1 is 1.50 bits per heavy atom. The summed E-state index contributed by atoms with van der Waals surface area (Å²) in [5.41, 5.74) is 0. The van der Waals surface area contributed by atoms with E-state index in [0.717, 1.165) is 19.5 Å². The summed E-state index contributed by atoms with van der Waals surface area (Å²) in [6.07, 6.45) is 2.14. The van der Waals surface area contributed by atoms with Crippen LogP contribution >= 0.6 is 0 Å². The molecule has 1 aliphatic rings. The summed E-state index contributed by atoms with van der Waals surface area (Å²) in [5.74, 6) is 0.0728. The normalized spacial score (nSPS) is 17.6. The molecular weight excluding hydrogens is 206 g/mol. The minimum Gasteiger partial charge on any atom is -0.353 e. The Bertz CT molecular complexity index is 256. The third-order valence-electron chi connectivity index (χ3n) is 2.85. The van der Waals surface area contributed by atoms with Crippen molar-refractivity contribution in [3.05, 3.63) is 0 Å². The third-order valence-corrected chi connectivity index (χ3v) is 2.85. The topological polar surface area (TPSA) is 61.4 Å². The van der Waals surface area contributed by atoms with Gasteiger partial charge in [0.2, 0.25) is 11.8 Å². The highest BCUT2D eigenvalue weighted by Gasteiger charge is 2.31. The van der Waals surface area contributed by atoms with Gasteiger partial charge in [-0.1, -0.05) is 6.92 Å². The van der Waals surface area contributed by atoms with E-state index >= 15 is 0 Å². The largest absolute Gasteiger partial charge is 0.353 e. The Kier molecular flexibility index (Phi) is 5.25. The molecule has 0 aliphatic carbocycles. The number of amides is 2. The van der Waals surface area contributed by atoms with Gasteiger partial charge in [0.1, 0.15) is 6.04 Å². The second-order valence-electron chi connectivity index (χ2n) is 4.01. The summed E-state index contributed by atoms with van der Waals surface area (Å²) < 4.78 is 0. The quantitative estimate of drug-likeness (QED) is 0.614. The molecule has 1 atom stereocenters. The fourth-order valence-corrected chi connectivity index (χ4v) is 1.97. The monoisotopic (exact) mass is 227 g/mol. The minimum absolute atomic E-state index is 0.0343. The van der Waals surface area contributed by atoms with Crippen LogP contribution in [-0.2, 0) is 9.59 Å². The van der Waals surface area contributed by atoms with Crippen molar-refractivity contribution in [1.82, 2.24) is 15.5 Å². The Hall–Kier alpha value is -1.10. The Labute approximate surface area is 96.6 Å². The van der Waals surface area contributed by atoms with Crippen molar-refractivity contribution in [3.8, 4) is 0 Å². The van der Waals surface area contributed by atoms with Crippen molar-refractivity contribution >= 4 is 11.8 Å². The van der Waals surface area contributed by atoms with Gasteiger partial charge in [-0.3, -0.25) is 9.59 Å². The van der Waals surface area contributed by atoms with Gasteiger partial charge in [0, 0.05) is 26.1 Å². The van der Waals surface area contributed by atoms with E-state index in [-0.39, 0.29) is 17.9 Å². The molecular formula is C11H21N3O2. The smallest absolute Gasteiger partial charge is 0.242 e. The molecule has 0 radical (unpaired) electrons. The van der Waals surface area contributed by atoms with E-state index in [1.165, 1.54) is 0 Å². The number of carbonyl (C=O) groups excluding carboxylic acids is 2. The summed E-state index contributed by atoms with van der Waals surface area (Å²) in [6, 6.07) is -0.285. The van der Waals surface area contributed by atoms with Gasteiger partial charge in [-0.05, 0) is 19.9 Å². The van der Waals surface area contributed by atoms with Crippen molar-refractivity contribution in [2.75, 3.05) is 26.7 Å². The van der Waals surface area contributed by atoms with E-state index in [2.05, 4.69) is 10.6 Å². The number of likely N-dealkylation sites (N-methyl/N-ethyl adjacent to an activating group) is 1. The van der Waals surface area contributed by atoms with Crippen molar-refractivity contribution in [3.63, 3.8) is 0 Å². The first-order valence-electron chi connectivity index (χ1n) is 5.92. The van der Waals surface area contributed by atoms with Crippen LogP contribution in [0.25, 0.3) is 0 Å². The van der Waals surface area contributed by atoms with Crippen molar-refractivity contribution in [2.24, 2.45) is 0 Å². The highest BCUT2D eigenvalue weighted by atomic mass is 16.2. The van der Waals surface area contributed by atoms with Crippen LogP contribution < -0.4 is 10.6 Å². The highest BCUT2D eigenvalue weighted by Crippen LogP contribution is 2.15. The van der Waals surface area contributed by atoms with Gasteiger partial charge in [0.15, 0.2) is 0 Å². The fraction of sp³-hybridized carbons (Fsp3) is 0.818. The number of rotatable bonds is 6. The summed E-state index contributed by atoms with van der Waals surface area (Å²) >= 11 is 0. The molecule has 1 aliphatic heterocycles. The van der Waals surface area contributed by atoms with Crippen LogP contribution in [0.15, 0.2) is 0 Å². The molecule has 16 heavy (non-hydrogen) atoms. The molecule has 0 spiro atoms. The molecule has 1 saturated heterocycles. The van der Waals surface area contributed by atoms with Crippen LogP contribution in [0.3, 0.4) is 0 Å². The zero-order valence-corrected chi connectivity index (χ0v) is 10.1. The van der Waals surface area contributed by atoms with Gasteiger partial charge in [-0.15, -0.1) is 0 Å². The third kappa shape index (κ3) is 3.20. The highest BCUT2D eigenvalue weighted by molar-refractivity contribution is 5.88. The molecule has 0 bridgehead atoms. The van der Waals surface area contributed by atoms with Gasteiger partial charge in [-0.25, -0.2) is 0 Å². The second kappa shape index (κ2) is 6.48.